The quantitative estimate of drug-likeness (QED) is 0.714. The maximum atomic E-state index is 12.5. The summed E-state index contributed by atoms with van der Waals surface area (Å²) in [5.74, 6) is 0.680. The molecule has 0 unspecified atom stereocenters. The predicted octanol–water partition coefficient (Wildman–Crippen LogP) is 3.73. The first-order valence-corrected chi connectivity index (χ1v) is 8.80. The van der Waals surface area contributed by atoms with Crippen molar-refractivity contribution in [1.82, 2.24) is 4.31 Å². The monoisotopic (exact) mass is 351 g/mol. The maximum Gasteiger partial charge on any atom is 0.243 e. The second-order valence-corrected chi connectivity index (χ2v) is 7.44. The van der Waals surface area contributed by atoms with Gasteiger partial charge in [0.1, 0.15) is 12.4 Å². The van der Waals surface area contributed by atoms with Crippen molar-refractivity contribution < 1.29 is 13.2 Å². The summed E-state index contributed by atoms with van der Waals surface area (Å²) in [6.07, 6.45) is 1.66. The fraction of sp³-hybridized carbons (Fsp3) is 0.176. The van der Waals surface area contributed by atoms with Crippen molar-refractivity contribution in [3.8, 4) is 5.75 Å². The number of halogens is 1. The van der Waals surface area contributed by atoms with Crippen LogP contribution in [0.4, 0.5) is 0 Å². The molecule has 0 aliphatic carbocycles. The van der Waals surface area contributed by atoms with Gasteiger partial charge in [-0.25, -0.2) is 8.42 Å². The molecule has 0 saturated heterocycles. The molecule has 0 amide bonds. The van der Waals surface area contributed by atoms with Gasteiger partial charge < -0.3 is 4.74 Å². The van der Waals surface area contributed by atoms with E-state index in [2.05, 4.69) is 6.58 Å². The van der Waals surface area contributed by atoms with Gasteiger partial charge in [0.25, 0.3) is 0 Å². The van der Waals surface area contributed by atoms with Gasteiger partial charge in [-0.3, -0.25) is 0 Å². The summed E-state index contributed by atoms with van der Waals surface area (Å²) in [6, 6.07) is 13.4. The summed E-state index contributed by atoms with van der Waals surface area (Å²) >= 11 is 5.80. The van der Waals surface area contributed by atoms with Gasteiger partial charge in [-0.2, -0.15) is 4.31 Å². The lowest BCUT2D eigenvalue weighted by Gasteiger charge is -2.18. The van der Waals surface area contributed by atoms with E-state index in [1.165, 1.54) is 16.4 Å². The molecule has 4 nitrogen and oxygen atoms in total. The van der Waals surface area contributed by atoms with Crippen LogP contribution in [-0.2, 0) is 16.6 Å². The third kappa shape index (κ3) is 4.58. The molecule has 2 rings (SSSR count). The summed E-state index contributed by atoms with van der Waals surface area (Å²) in [4.78, 5) is 0.212. The smallest absolute Gasteiger partial charge is 0.243 e. The van der Waals surface area contributed by atoms with Crippen LogP contribution in [0.5, 0.6) is 5.75 Å². The zero-order valence-electron chi connectivity index (χ0n) is 12.8. The van der Waals surface area contributed by atoms with E-state index in [0.717, 1.165) is 5.56 Å². The third-order valence-electron chi connectivity index (χ3n) is 3.19. The average Bonchev–Trinajstić information content (AvgIpc) is 2.53. The van der Waals surface area contributed by atoms with E-state index in [4.69, 9.17) is 16.3 Å². The van der Waals surface area contributed by atoms with Gasteiger partial charge in [-0.05, 0) is 42.0 Å². The van der Waals surface area contributed by atoms with Crippen molar-refractivity contribution >= 4 is 21.6 Å². The van der Waals surface area contributed by atoms with Crippen molar-refractivity contribution in [2.24, 2.45) is 0 Å². The molecule has 6 heteroatoms. The molecule has 2 aromatic rings. The molecule has 0 aliphatic heterocycles. The molecule has 0 spiro atoms. The Balaban J connectivity index is 2.16. The van der Waals surface area contributed by atoms with Crippen molar-refractivity contribution in [3.05, 3.63) is 71.8 Å². The van der Waals surface area contributed by atoms with E-state index in [-0.39, 0.29) is 11.4 Å². The molecule has 0 fully saturated rings. The Morgan fingerprint density at radius 2 is 1.91 bits per heavy atom. The lowest BCUT2D eigenvalue weighted by Crippen LogP contribution is -2.26. The first-order valence-electron chi connectivity index (χ1n) is 6.98. The van der Waals surface area contributed by atoms with Crippen LogP contribution in [0.2, 0.25) is 5.02 Å². The van der Waals surface area contributed by atoms with Crippen LogP contribution >= 0.6 is 11.6 Å². The zero-order chi connectivity index (χ0) is 16.9. The number of sulfonamides is 1. The molecule has 0 saturated carbocycles. The first kappa shape index (κ1) is 17.5. The van der Waals surface area contributed by atoms with E-state index < -0.39 is 10.0 Å². The summed E-state index contributed by atoms with van der Waals surface area (Å²) in [6.45, 7) is 4.25. The Kier molecular flexibility index (Phi) is 5.82. The molecular formula is C17H18ClNO3S. The molecule has 0 bridgehead atoms. The molecule has 2 aromatic carbocycles. The Labute approximate surface area is 142 Å². The van der Waals surface area contributed by atoms with Crippen LogP contribution in [0.1, 0.15) is 5.56 Å². The summed E-state index contributed by atoms with van der Waals surface area (Å²) in [5, 5.41) is 0.499. The first-order chi connectivity index (χ1) is 10.9. The van der Waals surface area contributed by atoms with E-state index in [1.54, 1.807) is 25.3 Å². The molecule has 0 N–H and O–H groups in total. The highest BCUT2D eigenvalue weighted by Gasteiger charge is 2.20. The lowest BCUT2D eigenvalue weighted by molar-refractivity contribution is 0.362. The normalized spacial score (nSPS) is 11.4. The van der Waals surface area contributed by atoms with Crippen LogP contribution < -0.4 is 4.74 Å². The molecule has 0 atom stereocenters. The van der Waals surface area contributed by atoms with Crippen molar-refractivity contribution in [3.63, 3.8) is 0 Å². The van der Waals surface area contributed by atoms with Gasteiger partial charge >= 0.3 is 0 Å². The van der Waals surface area contributed by atoms with Gasteiger partial charge in [0.2, 0.25) is 10.0 Å². The standard InChI is InChI=1S/C17H18ClNO3S/c1-3-11-22-16-6-4-5-14(12-16)13-19(2)23(20,21)17-9-7-15(18)8-10-17/h3-10,12H,1,11,13H2,2H3. The van der Waals surface area contributed by atoms with Gasteiger partial charge in [-0.1, -0.05) is 36.4 Å². The van der Waals surface area contributed by atoms with Crippen molar-refractivity contribution in [2.45, 2.75) is 11.4 Å². The van der Waals surface area contributed by atoms with Crippen LogP contribution in [0, 0.1) is 0 Å². The summed E-state index contributed by atoms with van der Waals surface area (Å²) in [5.41, 5.74) is 0.839. The Hall–Kier alpha value is -1.82. The second kappa shape index (κ2) is 7.64. The SMILES string of the molecule is C=CCOc1cccc(CN(C)S(=O)(=O)c2ccc(Cl)cc2)c1. The number of nitrogens with zero attached hydrogens (tertiary/aromatic N) is 1. The van der Waals surface area contributed by atoms with E-state index in [1.807, 2.05) is 24.3 Å². The minimum atomic E-state index is -3.57. The van der Waals surface area contributed by atoms with Crippen LogP contribution in [0.25, 0.3) is 0 Å². The highest BCUT2D eigenvalue weighted by Crippen LogP contribution is 2.20. The van der Waals surface area contributed by atoms with Crippen LogP contribution in [0.3, 0.4) is 0 Å². The maximum absolute atomic E-state index is 12.5. The minimum Gasteiger partial charge on any atom is -0.490 e. The van der Waals surface area contributed by atoms with E-state index >= 15 is 0 Å². The molecule has 0 aromatic heterocycles. The molecular weight excluding hydrogens is 334 g/mol. The second-order valence-electron chi connectivity index (χ2n) is 4.96. The predicted molar refractivity (Wildman–Crippen MR) is 92.2 cm³/mol. The van der Waals surface area contributed by atoms with Gasteiger partial charge in [0.15, 0.2) is 0 Å². The number of ether oxygens (including phenoxy) is 1. The number of hydrogen-bond donors (Lipinski definition) is 0. The van der Waals surface area contributed by atoms with Gasteiger partial charge in [-0.15, -0.1) is 0 Å². The van der Waals surface area contributed by atoms with Crippen LogP contribution in [-0.4, -0.2) is 26.4 Å². The third-order valence-corrected chi connectivity index (χ3v) is 5.26. The summed E-state index contributed by atoms with van der Waals surface area (Å²) in [7, 11) is -2.02. The zero-order valence-corrected chi connectivity index (χ0v) is 14.3. The molecule has 122 valence electrons. The lowest BCUT2D eigenvalue weighted by atomic mass is 10.2. The Morgan fingerprint density at radius 3 is 2.57 bits per heavy atom. The minimum absolute atomic E-state index is 0.212. The highest BCUT2D eigenvalue weighted by molar-refractivity contribution is 7.89. The largest absolute Gasteiger partial charge is 0.490 e. The van der Waals surface area contributed by atoms with E-state index in [0.29, 0.717) is 17.4 Å². The topological polar surface area (TPSA) is 46.6 Å². The van der Waals surface area contributed by atoms with Gasteiger partial charge in [0, 0.05) is 18.6 Å². The number of benzene rings is 2. The van der Waals surface area contributed by atoms with Gasteiger partial charge in [0.05, 0.1) is 4.90 Å². The molecule has 23 heavy (non-hydrogen) atoms. The van der Waals surface area contributed by atoms with Crippen LogP contribution in [0.15, 0.2) is 66.1 Å². The molecule has 0 radical (unpaired) electrons. The molecule has 0 heterocycles. The Morgan fingerprint density at radius 1 is 1.22 bits per heavy atom. The van der Waals surface area contributed by atoms with Crippen molar-refractivity contribution in [1.29, 1.82) is 0 Å². The highest BCUT2D eigenvalue weighted by atomic mass is 35.5. The number of rotatable bonds is 7. The fourth-order valence-electron chi connectivity index (χ4n) is 2.02. The number of hydrogen-bond acceptors (Lipinski definition) is 3. The fourth-order valence-corrected chi connectivity index (χ4v) is 3.30. The summed E-state index contributed by atoms with van der Waals surface area (Å²) < 4.78 is 31.8. The Bertz CT molecular complexity index is 773. The van der Waals surface area contributed by atoms with Crippen molar-refractivity contribution in [2.75, 3.05) is 13.7 Å². The van der Waals surface area contributed by atoms with E-state index in [9.17, 15) is 8.42 Å². The molecule has 0 aliphatic rings. The average molecular weight is 352 g/mol.